The van der Waals surface area contributed by atoms with Crippen LogP contribution in [0.3, 0.4) is 0 Å². The highest BCUT2D eigenvalue weighted by atomic mass is 19.1. The van der Waals surface area contributed by atoms with Crippen LogP contribution in [0.4, 0.5) is 15.8 Å². The van der Waals surface area contributed by atoms with Crippen LogP contribution in [-0.4, -0.2) is 22.0 Å². The van der Waals surface area contributed by atoms with Gasteiger partial charge in [-0.1, -0.05) is 13.3 Å². The normalized spacial score (nSPS) is 11.9. The van der Waals surface area contributed by atoms with Crippen molar-refractivity contribution in [3.63, 3.8) is 0 Å². The van der Waals surface area contributed by atoms with Crippen molar-refractivity contribution in [3.05, 3.63) is 33.6 Å². The number of nitro benzene ring substituents is 1. The Morgan fingerprint density at radius 2 is 2.21 bits per heavy atom. The molecule has 0 aliphatic carbocycles. The zero-order chi connectivity index (χ0) is 14.6. The topological polar surface area (TPSA) is 92.5 Å². The summed E-state index contributed by atoms with van der Waals surface area (Å²) in [4.78, 5) is 20.9. The number of anilines is 1. The number of nitrogens with one attached hydrogen (secondary N) is 1. The molecule has 0 radical (unpaired) electrons. The molecule has 6 nitrogen and oxygen atoms in total. The largest absolute Gasteiger partial charge is 0.480 e. The third-order valence-electron chi connectivity index (χ3n) is 2.69. The molecule has 104 valence electrons. The zero-order valence-electron chi connectivity index (χ0n) is 10.6. The monoisotopic (exact) mass is 270 g/mol. The second-order valence-corrected chi connectivity index (χ2v) is 4.20. The first-order valence-corrected chi connectivity index (χ1v) is 5.80. The van der Waals surface area contributed by atoms with Gasteiger partial charge in [0.05, 0.1) is 16.7 Å². The molecule has 1 unspecified atom stereocenters. The minimum Gasteiger partial charge on any atom is -0.480 e. The summed E-state index contributed by atoms with van der Waals surface area (Å²) in [5.41, 5.74) is -0.0936. The quantitative estimate of drug-likeness (QED) is 0.612. The zero-order valence-corrected chi connectivity index (χ0v) is 10.6. The number of hydrogen-bond donors (Lipinski definition) is 2. The molecule has 0 fully saturated rings. The molecule has 0 aliphatic rings. The third-order valence-corrected chi connectivity index (χ3v) is 2.69. The van der Waals surface area contributed by atoms with Gasteiger partial charge in [0.25, 0.3) is 5.69 Å². The molecule has 0 saturated carbocycles. The predicted octanol–water partition coefficient (Wildman–Crippen LogP) is 2.71. The van der Waals surface area contributed by atoms with Gasteiger partial charge in [0.1, 0.15) is 6.04 Å². The van der Waals surface area contributed by atoms with Gasteiger partial charge in [-0.3, -0.25) is 10.1 Å². The SMILES string of the molecule is CCCC(Nc1cc(C)c([N+](=O)[O-])cc1F)C(=O)O. The van der Waals surface area contributed by atoms with E-state index in [0.717, 1.165) is 6.07 Å². The maximum absolute atomic E-state index is 13.7. The molecule has 0 saturated heterocycles. The van der Waals surface area contributed by atoms with Crippen molar-refractivity contribution in [1.82, 2.24) is 0 Å². The second-order valence-electron chi connectivity index (χ2n) is 4.20. The van der Waals surface area contributed by atoms with Crippen LogP contribution in [0.5, 0.6) is 0 Å². The lowest BCUT2D eigenvalue weighted by atomic mass is 10.1. The number of aryl methyl sites for hydroxylation is 1. The average molecular weight is 270 g/mol. The van der Waals surface area contributed by atoms with E-state index in [4.69, 9.17) is 5.11 Å². The summed E-state index contributed by atoms with van der Waals surface area (Å²) in [7, 11) is 0. The van der Waals surface area contributed by atoms with Gasteiger partial charge in [0, 0.05) is 5.56 Å². The minimum atomic E-state index is -1.09. The minimum absolute atomic E-state index is 0.0380. The Kier molecular flexibility index (Phi) is 4.80. The van der Waals surface area contributed by atoms with Crippen LogP contribution < -0.4 is 5.32 Å². The van der Waals surface area contributed by atoms with E-state index >= 15 is 0 Å². The molecule has 19 heavy (non-hydrogen) atoms. The number of halogens is 1. The van der Waals surface area contributed by atoms with Crippen molar-refractivity contribution in [3.8, 4) is 0 Å². The van der Waals surface area contributed by atoms with Crippen LogP contribution in [0.25, 0.3) is 0 Å². The van der Waals surface area contributed by atoms with E-state index in [9.17, 15) is 19.3 Å². The van der Waals surface area contributed by atoms with Gasteiger partial charge in [0.2, 0.25) is 0 Å². The second kappa shape index (κ2) is 6.12. The molecular formula is C12H15FN2O4. The Balaban J connectivity index is 3.04. The highest BCUT2D eigenvalue weighted by molar-refractivity contribution is 5.77. The van der Waals surface area contributed by atoms with E-state index in [1.54, 1.807) is 0 Å². The lowest BCUT2D eigenvalue weighted by Crippen LogP contribution is -2.29. The first-order chi connectivity index (χ1) is 8.86. The highest BCUT2D eigenvalue weighted by Gasteiger charge is 2.20. The molecule has 0 heterocycles. The summed E-state index contributed by atoms with van der Waals surface area (Å²) >= 11 is 0. The fourth-order valence-electron chi connectivity index (χ4n) is 1.71. The first-order valence-electron chi connectivity index (χ1n) is 5.80. The summed E-state index contributed by atoms with van der Waals surface area (Å²) in [6, 6.07) is 1.13. The first kappa shape index (κ1) is 14.9. The van der Waals surface area contributed by atoms with E-state index in [1.165, 1.54) is 13.0 Å². The van der Waals surface area contributed by atoms with Crippen LogP contribution in [0.2, 0.25) is 0 Å². The Hall–Kier alpha value is -2.18. The Labute approximate surface area is 109 Å². The van der Waals surface area contributed by atoms with Crippen molar-refractivity contribution in [1.29, 1.82) is 0 Å². The Bertz CT molecular complexity index is 505. The number of aliphatic carboxylic acids is 1. The smallest absolute Gasteiger partial charge is 0.326 e. The van der Waals surface area contributed by atoms with Crippen LogP contribution in [0, 0.1) is 22.9 Å². The molecule has 0 aliphatic heterocycles. The molecule has 0 aromatic heterocycles. The van der Waals surface area contributed by atoms with E-state index < -0.39 is 22.8 Å². The third kappa shape index (κ3) is 3.64. The van der Waals surface area contributed by atoms with Crippen LogP contribution >= 0.6 is 0 Å². The molecule has 1 rings (SSSR count). The molecule has 0 spiro atoms. The molecule has 1 atom stereocenters. The van der Waals surface area contributed by atoms with Crippen molar-refractivity contribution in [2.75, 3.05) is 5.32 Å². The van der Waals surface area contributed by atoms with Crippen LogP contribution in [0.1, 0.15) is 25.3 Å². The Morgan fingerprint density at radius 3 is 2.68 bits per heavy atom. The molecule has 0 amide bonds. The number of rotatable bonds is 6. The standard InChI is InChI=1S/C12H15FN2O4/c1-3-4-9(12(16)17)14-10-5-7(2)11(15(18)19)6-8(10)13/h5-6,9,14H,3-4H2,1-2H3,(H,16,17). The predicted molar refractivity (Wildman–Crippen MR) is 67.7 cm³/mol. The number of nitrogens with zero attached hydrogens (tertiary/aromatic N) is 1. The molecular weight excluding hydrogens is 255 g/mol. The Morgan fingerprint density at radius 1 is 1.58 bits per heavy atom. The number of benzene rings is 1. The number of carboxylic acids is 1. The van der Waals surface area contributed by atoms with Gasteiger partial charge in [-0.2, -0.15) is 0 Å². The molecule has 1 aromatic rings. The van der Waals surface area contributed by atoms with Crippen molar-refractivity contribution >= 4 is 17.3 Å². The van der Waals surface area contributed by atoms with Gasteiger partial charge >= 0.3 is 5.97 Å². The molecule has 1 aromatic carbocycles. The van der Waals surface area contributed by atoms with E-state index in [2.05, 4.69) is 5.32 Å². The summed E-state index contributed by atoms with van der Waals surface area (Å²) in [6.07, 6.45) is 0.961. The van der Waals surface area contributed by atoms with E-state index in [1.807, 2.05) is 6.92 Å². The van der Waals surface area contributed by atoms with Gasteiger partial charge in [-0.25, -0.2) is 9.18 Å². The maximum atomic E-state index is 13.7. The summed E-state index contributed by atoms with van der Waals surface area (Å²) in [5, 5.41) is 22.2. The van der Waals surface area contributed by atoms with Gasteiger partial charge in [-0.15, -0.1) is 0 Å². The summed E-state index contributed by atoms with van der Waals surface area (Å²) < 4.78 is 13.7. The lowest BCUT2D eigenvalue weighted by molar-refractivity contribution is -0.385. The summed E-state index contributed by atoms with van der Waals surface area (Å²) in [5.74, 6) is -1.92. The number of hydrogen-bond acceptors (Lipinski definition) is 4. The average Bonchev–Trinajstić information content (AvgIpc) is 2.32. The van der Waals surface area contributed by atoms with Gasteiger partial charge < -0.3 is 10.4 Å². The van der Waals surface area contributed by atoms with E-state index in [0.29, 0.717) is 12.8 Å². The number of carboxylic acid groups (broad SMARTS) is 1. The van der Waals surface area contributed by atoms with Crippen LogP contribution in [0.15, 0.2) is 12.1 Å². The van der Waals surface area contributed by atoms with Crippen molar-refractivity contribution < 1.29 is 19.2 Å². The lowest BCUT2D eigenvalue weighted by Gasteiger charge is -2.15. The molecule has 0 bridgehead atoms. The fraction of sp³-hybridized carbons (Fsp3) is 0.417. The fourth-order valence-corrected chi connectivity index (χ4v) is 1.71. The number of nitro groups is 1. The van der Waals surface area contributed by atoms with Gasteiger partial charge in [0.15, 0.2) is 5.82 Å². The van der Waals surface area contributed by atoms with Gasteiger partial charge in [-0.05, 0) is 19.4 Å². The maximum Gasteiger partial charge on any atom is 0.326 e. The van der Waals surface area contributed by atoms with Crippen molar-refractivity contribution in [2.24, 2.45) is 0 Å². The molecule has 7 heteroatoms. The van der Waals surface area contributed by atoms with Crippen molar-refractivity contribution in [2.45, 2.75) is 32.7 Å². The summed E-state index contributed by atoms with van der Waals surface area (Å²) in [6.45, 7) is 3.29. The highest BCUT2D eigenvalue weighted by Crippen LogP contribution is 2.26. The van der Waals surface area contributed by atoms with Crippen LogP contribution in [-0.2, 0) is 4.79 Å². The molecule has 2 N–H and O–H groups in total. The van der Waals surface area contributed by atoms with E-state index in [-0.39, 0.29) is 16.9 Å². The number of carbonyl (C=O) groups is 1.